The molecule has 0 radical (unpaired) electrons. The molecule has 2 aromatic rings. The van der Waals surface area contributed by atoms with Crippen LogP contribution in [0.5, 0.6) is 0 Å². The summed E-state index contributed by atoms with van der Waals surface area (Å²) in [5.41, 5.74) is 9.81. The minimum absolute atomic E-state index is 0.208. The van der Waals surface area contributed by atoms with E-state index >= 15 is 0 Å². The number of carbonyl (C=O) groups excluding carboxylic acids is 1. The second-order valence-electron chi connectivity index (χ2n) is 5.44. The molecule has 0 unspecified atom stereocenters. The molecule has 0 saturated heterocycles. The Morgan fingerprint density at radius 3 is 2.81 bits per heavy atom. The molecule has 0 fully saturated rings. The van der Waals surface area contributed by atoms with Gasteiger partial charge in [-0.2, -0.15) is 0 Å². The minimum atomic E-state index is -0.590. The number of benzene rings is 2. The van der Waals surface area contributed by atoms with Gasteiger partial charge < -0.3 is 16.2 Å². The van der Waals surface area contributed by atoms with E-state index in [0.717, 1.165) is 16.7 Å². The van der Waals surface area contributed by atoms with Gasteiger partial charge >= 0.3 is 0 Å². The summed E-state index contributed by atoms with van der Waals surface area (Å²) in [6, 6.07) is 12.7. The van der Waals surface area contributed by atoms with Gasteiger partial charge in [0, 0.05) is 17.7 Å². The van der Waals surface area contributed by atoms with Crippen LogP contribution >= 0.6 is 0 Å². The van der Waals surface area contributed by atoms with Crippen LogP contribution in [-0.4, -0.2) is 17.1 Å². The number of aliphatic hydroxyl groups excluding tert-OH is 1. The molecule has 2 atom stereocenters. The van der Waals surface area contributed by atoms with Gasteiger partial charge in [-0.15, -0.1) is 0 Å². The molecule has 0 aliphatic heterocycles. The van der Waals surface area contributed by atoms with E-state index in [-0.39, 0.29) is 11.9 Å². The minimum Gasteiger partial charge on any atom is -0.398 e. The van der Waals surface area contributed by atoms with Crippen molar-refractivity contribution in [2.75, 3.05) is 5.73 Å². The quantitative estimate of drug-likeness (QED) is 0.737. The van der Waals surface area contributed by atoms with Crippen LogP contribution in [0.15, 0.2) is 42.5 Å². The number of nitrogens with two attached hydrogens (primary N) is 1. The molecule has 3 rings (SSSR count). The number of carbonyl (C=O) groups is 1. The van der Waals surface area contributed by atoms with Gasteiger partial charge in [-0.3, -0.25) is 4.79 Å². The normalized spacial score (nSPS) is 20.1. The Bertz CT molecular complexity index is 697. The summed E-state index contributed by atoms with van der Waals surface area (Å²) in [7, 11) is 0. The Morgan fingerprint density at radius 2 is 2.00 bits per heavy atom. The predicted molar refractivity (Wildman–Crippen MR) is 82.0 cm³/mol. The van der Waals surface area contributed by atoms with Gasteiger partial charge in [-0.25, -0.2) is 0 Å². The molecule has 4 nitrogen and oxygen atoms in total. The van der Waals surface area contributed by atoms with E-state index in [9.17, 15) is 9.90 Å². The number of aliphatic hydroxyl groups is 1. The van der Waals surface area contributed by atoms with Crippen LogP contribution in [0.3, 0.4) is 0 Å². The first-order valence-electron chi connectivity index (χ1n) is 6.99. The molecule has 0 spiro atoms. The largest absolute Gasteiger partial charge is 0.398 e. The third kappa shape index (κ3) is 2.38. The summed E-state index contributed by atoms with van der Waals surface area (Å²) in [5, 5.41) is 13.1. The van der Waals surface area contributed by atoms with Crippen molar-refractivity contribution in [2.45, 2.75) is 25.5 Å². The highest BCUT2D eigenvalue weighted by molar-refractivity contribution is 5.97. The zero-order valence-corrected chi connectivity index (χ0v) is 11.8. The first kappa shape index (κ1) is 13.6. The van der Waals surface area contributed by atoms with Crippen molar-refractivity contribution in [3.8, 4) is 0 Å². The maximum atomic E-state index is 12.5. The maximum absolute atomic E-state index is 12.5. The molecular formula is C17H18N2O2. The van der Waals surface area contributed by atoms with Crippen molar-refractivity contribution in [3.05, 3.63) is 64.7 Å². The summed E-state index contributed by atoms with van der Waals surface area (Å²) < 4.78 is 0. The summed E-state index contributed by atoms with van der Waals surface area (Å²) in [6.45, 7) is 1.82. The zero-order chi connectivity index (χ0) is 15.0. The van der Waals surface area contributed by atoms with Gasteiger partial charge in [0.15, 0.2) is 0 Å². The van der Waals surface area contributed by atoms with Gasteiger partial charge in [0.05, 0.1) is 12.1 Å². The van der Waals surface area contributed by atoms with E-state index < -0.39 is 6.10 Å². The fraction of sp³-hybridized carbons (Fsp3) is 0.235. The molecule has 0 saturated carbocycles. The Labute approximate surface area is 123 Å². The van der Waals surface area contributed by atoms with Gasteiger partial charge in [0.1, 0.15) is 0 Å². The van der Waals surface area contributed by atoms with Gasteiger partial charge in [-0.05, 0) is 35.7 Å². The molecule has 21 heavy (non-hydrogen) atoms. The summed E-state index contributed by atoms with van der Waals surface area (Å²) >= 11 is 0. The molecular weight excluding hydrogens is 264 g/mol. The van der Waals surface area contributed by atoms with Gasteiger partial charge in [0.25, 0.3) is 5.91 Å². The van der Waals surface area contributed by atoms with Crippen LogP contribution in [-0.2, 0) is 6.42 Å². The Hall–Kier alpha value is -2.33. The van der Waals surface area contributed by atoms with E-state index in [4.69, 9.17) is 5.73 Å². The SMILES string of the molecule is Cc1c(N)cccc1C(=O)N[C@H]1c2ccccc2C[C@H]1O. The molecule has 4 N–H and O–H groups in total. The Balaban J connectivity index is 1.87. The van der Waals surface area contributed by atoms with Crippen LogP contribution in [0.25, 0.3) is 0 Å². The monoisotopic (exact) mass is 282 g/mol. The Kier molecular flexibility index (Phi) is 3.39. The Morgan fingerprint density at radius 1 is 1.24 bits per heavy atom. The molecule has 0 bridgehead atoms. The van der Waals surface area contributed by atoms with E-state index in [1.807, 2.05) is 31.2 Å². The van der Waals surface area contributed by atoms with Crippen LogP contribution in [0.2, 0.25) is 0 Å². The molecule has 108 valence electrons. The van der Waals surface area contributed by atoms with Crippen LogP contribution in [0.4, 0.5) is 5.69 Å². The molecule has 1 amide bonds. The number of nitrogen functional groups attached to an aromatic ring is 1. The highest BCUT2D eigenvalue weighted by Gasteiger charge is 2.32. The van der Waals surface area contributed by atoms with E-state index in [1.54, 1.807) is 18.2 Å². The topological polar surface area (TPSA) is 75.4 Å². The van der Waals surface area contributed by atoms with Crippen molar-refractivity contribution in [1.82, 2.24) is 5.32 Å². The number of amides is 1. The molecule has 0 aromatic heterocycles. The number of anilines is 1. The highest BCUT2D eigenvalue weighted by Crippen LogP contribution is 2.31. The molecule has 1 aliphatic carbocycles. The maximum Gasteiger partial charge on any atom is 0.252 e. The smallest absolute Gasteiger partial charge is 0.252 e. The van der Waals surface area contributed by atoms with Crippen LogP contribution in [0, 0.1) is 6.92 Å². The number of nitrogens with one attached hydrogen (secondary N) is 1. The summed E-state index contributed by atoms with van der Waals surface area (Å²) in [6.07, 6.45) is -0.0236. The average molecular weight is 282 g/mol. The van der Waals surface area contributed by atoms with Crippen LogP contribution in [0.1, 0.15) is 33.1 Å². The number of hydrogen-bond donors (Lipinski definition) is 3. The van der Waals surface area contributed by atoms with Gasteiger partial charge in [0.2, 0.25) is 0 Å². The fourth-order valence-electron chi connectivity index (χ4n) is 2.87. The predicted octanol–water partition coefficient (Wildman–Crippen LogP) is 1.97. The second-order valence-corrected chi connectivity index (χ2v) is 5.44. The molecule has 2 aromatic carbocycles. The second kappa shape index (κ2) is 5.22. The lowest BCUT2D eigenvalue weighted by Gasteiger charge is -2.19. The molecule has 0 heterocycles. The van der Waals surface area contributed by atoms with Crippen molar-refractivity contribution >= 4 is 11.6 Å². The van der Waals surface area contributed by atoms with Crippen molar-refractivity contribution in [1.29, 1.82) is 0 Å². The van der Waals surface area contributed by atoms with E-state index in [2.05, 4.69) is 5.32 Å². The average Bonchev–Trinajstić information content (AvgIpc) is 2.78. The lowest BCUT2D eigenvalue weighted by Crippen LogP contribution is -2.34. The summed E-state index contributed by atoms with van der Waals surface area (Å²) in [5.74, 6) is -0.208. The van der Waals surface area contributed by atoms with Crippen molar-refractivity contribution in [3.63, 3.8) is 0 Å². The fourth-order valence-corrected chi connectivity index (χ4v) is 2.87. The standard InChI is InChI=1S/C17H18N2O2/c1-10-12(7-4-8-14(10)18)17(21)19-16-13-6-3-2-5-11(13)9-15(16)20/h2-8,15-16,20H,9,18H2,1H3,(H,19,21)/t15-,16+/m1/s1. The number of rotatable bonds is 2. The third-order valence-electron chi connectivity index (χ3n) is 4.11. The van der Waals surface area contributed by atoms with Gasteiger partial charge in [-0.1, -0.05) is 30.3 Å². The van der Waals surface area contributed by atoms with E-state index in [1.165, 1.54) is 0 Å². The zero-order valence-electron chi connectivity index (χ0n) is 11.8. The van der Waals surface area contributed by atoms with Crippen molar-refractivity contribution in [2.24, 2.45) is 0 Å². The highest BCUT2D eigenvalue weighted by atomic mass is 16.3. The van der Waals surface area contributed by atoms with E-state index in [0.29, 0.717) is 17.7 Å². The number of fused-ring (bicyclic) bond motifs is 1. The lowest BCUT2D eigenvalue weighted by atomic mass is 10.0. The number of hydrogen-bond acceptors (Lipinski definition) is 3. The first-order chi connectivity index (χ1) is 10.1. The molecule has 4 heteroatoms. The molecule has 1 aliphatic rings. The lowest BCUT2D eigenvalue weighted by molar-refractivity contribution is 0.0857. The third-order valence-corrected chi connectivity index (χ3v) is 4.11. The van der Waals surface area contributed by atoms with Crippen LogP contribution < -0.4 is 11.1 Å². The summed E-state index contributed by atoms with van der Waals surface area (Å²) in [4.78, 5) is 12.5. The van der Waals surface area contributed by atoms with Crippen molar-refractivity contribution < 1.29 is 9.90 Å². The first-order valence-corrected chi connectivity index (χ1v) is 6.99.